The van der Waals surface area contributed by atoms with Crippen LogP contribution in [0.1, 0.15) is 53.4 Å². The summed E-state index contributed by atoms with van der Waals surface area (Å²) in [6.07, 6.45) is 3.81. The Balaban J connectivity index is 2.14. The zero-order valence-corrected chi connectivity index (χ0v) is 13.7. The van der Waals surface area contributed by atoms with Gasteiger partial charge in [-0.1, -0.05) is 6.42 Å². The van der Waals surface area contributed by atoms with E-state index in [2.05, 4.69) is 17.9 Å². The van der Waals surface area contributed by atoms with Crippen molar-refractivity contribution in [2.75, 3.05) is 19.6 Å². The van der Waals surface area contributed by atoms with Crippen LogP contribution < -0.4 is 0 Å². The molecule has 1 amide bonds. The van der Waals surface area contributed by atoms with E-state index in [4.69, 9.17) is 10.00 Å². The van der Waals surface area contributed by atoms with Crippen LogP contribution in [-0.2, 0) is 4.74 Å². The van der Waals surface area contributed by atoms with Gasteiger partial charge in [-0.15, -0.1) is 0 Å². The van der Waals surface area contributed by atoms with Crippen molar-refractivity contribution in [1.82, 2.24) is 9.80 Å². The predicted octanol–water partition coefficient (Wildman–Crippen LogP) is 2.97. The average molecular weight is 293 g/mol. The number of hydrogen-bond acceptors (Lipinski definition) is 4. The molecular formula is C16H27N3O2. The topological polar surface area (TPSA) is 56.6 Å². The second-order valence-corrected chi connectivity index (χ2v) is 7.29. The minimum absolute atomic E-state index is 0.216. The fourth-order valence-corrected chi connectivity index (χ4v) is 3.41. The van der Waals surface area contributed by atoms with Crippen molar-refractivity contribution in [2.24, 2.45) is 5.92 Å². The molecule has 2 saturated heterocycles. The molecule has 21 heavy (non-hydrogen) atoms. The highest BCUT2D eigenvalue weighted by Gasteiger charge is 2.56. The van der Waals surface area contributed by atoms with Crippen molar-refractivity contribution in [2.45, 2.75) is 64.6 Å². The van der Waals surface area contributed by atoms with Gasteiger partial charge in [-0.05, 0) is 40.5 Å². The quantitative estimate of drug-likeness (QED) is 0.785. The smallest absolute Gasteiger partial charge is 0.411 e. The summed E-state index contributed by atoms with van der Waals surface area (Å²) in [5, 5.41) is 9.04. The zero-order valence-electron chi connectivity index (χ0n) is 13.7. The van der Waals surface area contributed by atoms with Gasteiger partial charge in [0.2, 0.25) is 0 Å². The Morgan fingerprint density at radius 1 is 1.33 bits per heavy atom. The molecule has 0 bridgehead atoms. The van der Waals surface area contributed by atoms with E-state index in [1.165, 1.54) is 6.42 Å². The number of nitrogens with zero attached hydrogens (tertiary/aromatic N) is 3. The second kappa shape index (κ2) is 5.84. The molecule has 0 aromatic carbocycles. The van der Waals surface area contributed by atoms with Gasteiger partial charge >= 0.3 is 6.09 Å². The number of carbonyl (C=O) groups excluding carboxylic acids is 1. The Bertz CT molecular complexity index is 432. The second-order valence-electron chi connectivity index (χ2n) is 7.29. The molecule has 2 heterocycles. The number of hydrogen-bond donors (Lipinski definition) is 0. The minimum atomic E-state index is -0.486. The van der Waals surface area contributed by atoms with Gasteiger partial charge in [-0.25, -0.2) is 4.79 Å². The summed E-state index contributed by atoms with van der Waals surface area (Å²) in [6, 6.07) is 2.27. The Morgan fingerprint density at radius 3 is 2.48 bits per heavy atom. The van der Waals surface area contributed by atoms with Gasteiger partial charge < -0.3 is 4.74 Å². The number of rotatable bonds is 2. The van der Waals surface area contributed by atoms with E-state index in [1.807, 2.05) is 25.7 Å². The van der Waals surface area contributed by atoms with Crippen molar-refractivity contribution in [3.8, 4) is 6.07 Å². The lowest BCUT2D eigenvalue weighted by atomic mass is 9.78. The van der Waals surface area contributed by atoms with Crippen LogP contribution >= 0.6 is 0 Å². The molecule has 2 atom stereocenters. The largest absolute Gasteiger partial charge is 0.444 e. The first-order chi connectivity index (χ1) is 9.79. The van der Waals surface area contributed by atoms with E-state index in [1.54, 1.807) is 0 Å². The molecule has 0 spiro atoms. The van der Waals surface area contributed by atoms with Gasteiger partial charge in [0, 0.05) is 32.0 Å². The van der Waals surface area contributed by atoms with Crippen LogP contribution in [0.4, 0.5) is 4.79 Å². The van der Waals surface area contributed by atoms with E-state index < -0.39 is 5.60 Å². The standard InChI is InChI=1S/C16H27N3O2/c1-15(2,3)21-14(20)19-12-13(8-9-17)16(19,4)18-10-6-5-7-11-18/h13H,5-8,10-12H2,1-4H3. The van der Waals surface area contributed by atoms with Crippen molar-refractivity contribution >= 4 is 6.09 Å². The molecule has 2 aliphatic rings. The Labute approximate surface area is 127 Å². The van der Waals surface area contributed by atoms with E-state index in [-0.39, 0.29) is 17.7 Å². The highest BCUT2D eigenvalue weighted by Crippen LogP contribution is 2.43. The molecule has 2 rings (SSSR count). The summed E-state index contributed by atoms with van der Waals surface area (Å²) in [5.74, 6) is 0.216. The van der Waals surface area contributed by atoms with E-state index in [0.717, 1.165) is 25.9 Å². The lowest BCUT2D eigenvalue weighted by Crippen LogP contribution is -2.75. The number of piperidine rings is 1. The van der Waals surface area contributed by atoms with Crippen LogP contribution in [0.2, 0.25) is 0 Å². The van der Waals surface area contributed by atoms with E-state index in [0.29, 0.717) is 13.0 Å². The van der Waals surface area contributed by atoms with E-state index in [9.17, 15) is 4.79 Å². The molecule has 5 heteroatoms. The molecule has 2 aliphatic heterocycles. The molecule has 2 unspecified atom stereocenters. The number of carbonyl (C=O) groups is 1. The van der Waals surface area contributed by atoms with Crippen LogP contribution in [0.3, 0.4) is 0 Å². The SMILES string of the molecule is CC(C)(C)OC(=O)N1CC(CC#N)C1(C)N1CCCCC1. The zero-order chi connectivity index (χ0) is 15.7. The molecular weight excluding hydrogens is 266 g/mol. The summed E-state index contributed by atoms with van der Waals surface area (Å²) < 4.78 is 5.53. The van der Waals surface area contributed by atoms with Crippen molar-refractivity contribution in [1.29, 1.82) is 5.26 Å². The molecule has 0 saturated carbocycles. The monoisotopic (exact) mass is 293 g/mol. The minimum Gasteiger partial charge on any atom is -0.444 e. The van der Waals surface area contributed by atoms with Crippen LogP contribution in [-0.4, -0.2) is 46.8 Å². The van der Waals surface area contributed by atoms with E-state index >= 15 is 0 Å². The van der Waals surface area contributed by atoms with Crippen molar-refractivity contribution in [3.05, 3.63) is 0 Å². The van der Waals surface area contributed by atoms with Gasteiger partial charge in [0.05, 0.1) is 6.07 Å². The van der Waals surface area contributed by atoms with Crippen LogP contribution in [0.5, 0.6) is 0 Å². The Morgan fingerprint density at radius 2 is 1.95 bits per heavy atom. The lowest BCUT2D eigenvalue weighted by molar-refractivity contribution is -0.165. The van der Waals surface area contributed by atoms with Gasteiger partial charge in [0.15, 0.2) is 0 Å². The number of amides is 1. The first-order valence-electron chi connectivity index (χ1n) is 7.91. The maximum atomic E-state index is 12.4. The molecule has 0 aliphatic carbocycles. The van der Waals surface area contributed by atoms with Crippen molar-refractivity contribution < 1.29 is 9.53 Å². The number of ether oxygens (including phenoxy) is 1. The maximum absolute atomic E-state index is 12.4. The summed E-state index contributed by atoms with van der Waals surface area (Å²) in [7, 11) is 0. The average Bonchev–Trinajstić information content (AvgIpc) is 2.41. The maximum Gasteiger partial charge on any atom is 0.411 e. The van der Waals surface area contributed by atoms with Gasteiger partial charge in [-0.3, -0.25) is 9.80 Å². The first-order valence-corrected chi connectivity index (χ1v) is 7.91. The Kier molecular flexibility index (Phi) is 4.48. The predicted molar refractivity (Wildman–Crippen MR) is 80.5 cm³/mol. The van der Waals surface area contributed by atoms with Crippen LogP contribution in [0.15, 0.2) is 0 Å². The molecule has 0 N–H and O–H groups in total. The molecule has 2 fully saturated rings. The van der Waals surface area contributed by atoms with Gasteiger partial charge in [0.1, 0.15) is 11.3 Å². The number of likely N-dealkylation sites (tertiary alicyclic amines) is 2. The third-order valence-corrected chi connectivity index (χ3v) is 4.67. The molecule has 0 aromatic heterocycles. The van der Waals surface area contributed by atoms with Gasteiger partial charge in [0.25, 0.3) is 0 Å². The molecule has 0 aromatic rings. The third kappa shape index (κ3) is 3.16. The normalized spacial score (nSPS) is 30.4. The summed E-state index contributed by atoms with van der Waals surface area (Å²) in [5.41, 5.74) is -0.849. The molecule has 5 nitrogen and oxygen atoms in total. The fourth-order valence-electron chi connectivity index (χ4n) is 3.41. The van der Waals surface area contributed by atoms with Gasteiger partial charge in [-0.2, -0.15) is 5.26 Å². The Hall–Kier alpha value is -1.28. The van der Waals surface area contributed by atoms with Crippen LogP contribution in [0.25, 0.3) is 0 Å². The first kappa shape index (κ1) is 16.1. The fraction of sp³-hybridized carbons (Fsp3) is 0.875. The van der Waals surface area contributed by atoms with Crippen LogP contribution in [0, 0.1) is 17.2 Å². The third-order valence-electron chi connectivity index (χ3n) is 4.67. The summed E-state index contributed by atoms with van der Waals surface area (Å²) in [4.78, 5) is 16.6. The number of nitriles is 1. The molecule has 118 valence electrons. The summed E-state index contributed by atoms with van der Waals surface area (Å²) in [6.45, 7) is 10.4. The summed E-state index contributed by atoms with van der Waals surface area (Å²) >= 11 is 0. The molecule has 0 radical (unpaired) electrons. The highest BCUT2D eigenvalue weighted by molar-refractivity contribution is 5.70. The lowest BCUT2D eigenvalue weighted by Gasteiger charge is -2.61. The highest BCUT2D eigenvalue weighted by atomic mass is 16.6. The van der Waals surface area contributed by atoms with Crippen molar-refractivity contribution in [3.63, 3.8) is 0 Å².